The molecule has 3 aromatic rings. The smallest absolute Gasteiger partial charge is 0.200 e. The molecule has 1 atom stereocenters. The molecule has 0 spiro atoms. The standard InChI is InChI=1S/C24H11BF15/c1-3-4-6(2)5-25(7-10(26)16(32)22(38)17(33)11(7)27,8-12(28)18(34)23(39)19(35)13(8)29)9-14(30)20(36)24(40)21(37)15(9)31/h3,6H,1,4-5H2,2H3/q-1. The summed E-state index contributed by atoms with van der Waals surface area (Å²) >= 11 is 0. The van der Waals surface area contributed by atoms with Crippen molar-refractivity contribution >= 4 is 22.5 Å². The third-order valence-electron chi connectivity index (χ3n) is 6.53. The first-order chi connectivity index (χ1) is 18.5. The Labute approximate surface area is 214 Å². The van der Waals surface area contributed by atoms with Crippen molar-refractivity contribution in [3.63, 3.8) is 0 Å². The summed E-state index contributed by atoms with van der Waals surface area (Å²) in [4.78, 5) is 0. The minimum Gasteiger partial charge on any atom is -0.207 e. The lowest BCUT2D eigenvalue weighted by Crippen LogP contribution is -2.73. The summed E-state index contributed by atoms with van der Waals surface area (Å²) in [6.07, 6.45) is -6.76. The van der Waals surface area contributed by atoms with Crippen LogP contribution in [0.5, 0.6) is 0 Å². The van der Waals surface area contributed by atoms with Gasteiger partial charge in [0.25, 0.3) is 0 Å². The summed E-state index contributed by atoms with van der Waals surface area (Å²) in [5.74, 6) is -46.5. The van der Waals surface area contributed by atoms with Gasteiger partial charge in [-0.25, -0.2) is 65.9 Å². The van der Waals surface area contributed by atoms with Crippen LogP contribution in [-0.2, 0) is 0 Å². The fraction of sp³-hybridized carbons (Fsp3) is 0.167. The first-order valence-corrected chi connectivity index (χ1v) is 10.8. The number of rotatable bonds is 7. The molecule has 0 aliphatic rings. The molecule has 0 bridgehead atoms. The van der Waals surface area contributed by atoms with Crippen molar-refractivity contribution in [2.24, 2.45) is 5.92 Å². The Morgan fingerprint density at radius 2 is 0.650 bits per heavy atom. The number of allylic oxidation sites excluding steroid dienone is 1. The van der Waals surface area contributed by atoms with Crippen molar-refractivity contribution in [2.45, 2.75) is 19.7 Å². The molecule has 0 aliphatic heterocycles. The lowest BCUT2D eigenvalue weighted by Gasteiger charge is -2.45. The van der Waals surface area contributed by atoms with Crippen molar-refractivity contribution in [2.75, 3.05) is 0 Å². The second-order valence-electron chi connectivity index (χ2n) is 8.86. The van der Waals surface area contributed by atoms with E-state index >= 15 is 26.3 Å². The average molecular weight is 595 g/mol. The number of benzene rings is 3. The predicted octanol–water partition coefficient (Wildman–Crippen LogP) is 6.46. The third-order valence-corrected chi connectivity index (χ3v) is 6.53. The van der Waals surface area contributed by atoms with Crippen LogP contribution < -0.4 is 16.4 Å². The Kier molecular flexibility index (Phi) is 8.33. The van der Waals surface area contributed by atoms with Gasteiger partial charge in [0.15, 0.2) is 52.4 Å². The molecule has 0 heterocycles. The molecule has 3 rings (SSSR count). The van der Waals surface area contributed by atoms with Crippen molar-refractivity contribution in [1.29, 1.82) is 0 Å². The van der Waals surface area contributed by atoms with E-state index in [9.17, 15) is 39.5 Å². The van der Waals surface area contributed by atoms with Gasteiger partial charge >= 0.3 is 0 Å². The minimum absolute atomic E-state index is 0.496. The summed E-state index contributed by atoms with van der Waals surface area (Å²) < 4.78 is 219. The Morgan fingerprint density at radius 3 is 0.850 bits per heavy atom. The van der Waals surface area contributed by atoms with Crippen LogP contribution in [0.15, 0.2) is 12.7 Å². The Hall–Kier alpha value is -3.59. The van der Waals surface area contributed by atoms with Crippen LogP contribution in [0, 0.1) is 93.2 Å². The minimum atomic E-state index is -5.51. The molecule has 40 heavy (non-hydrogen) atoms. The molecule has 3 aromatic carbocycles. The highest BCUT2D eigenvalue weighted by molar-refractivity contribution is 7.11. The number of halogens is 15. The van der Waals surface area contributed by atoms with E-state index in [-0.39, 0.29) is 0 Å². The highest BCUT2D eigenvalue weighted by Crippen LogP contribution is 2.32. The SMILES string of the molecule is C=CCC(C)C[B-](c1c(F)c(F)c(F)c(F)c1F)(c1c(F)c(F)c(F)c(F)c1F)c1c(F)c(F)c(F)c(F)c1F. The molecule has 1 unspecified atom stereocenters. The number of hydrogen-bond acceptors (Lipinski definition) is 0. The van der Waals surface area contributed by atoms with Gasteiger partial charge in [0.05, 0.1) is 0 Å². The lowest BCUT2D eigenvalue weighted by atomic mass is 9.13. The Balaban J connectivity index is 2.89. The van der Waals surface area contributed by atoms with Gasteiger partial charge in [0.2, 0.25) is 0 Å². The van der Waals surface area contributed by atoms with E-state index in [1.165, 1.54) is 0 Å². The lowest BCUT2D eigenvalue weighted by molar-refractivity contribution is 0.379. The molecule has 0 N–H and O–H groups in total. The van der Waals surface area contributed by atoms with Crippen LogP contribution in [-0.4, -0.2) is 6.15 Å². The molecule has 0 aliphatic carbocycles. The maximum Gasteiger partial charge on any atom is 0.200 e. The van der Waals surface area contributed by atoms with Crippen molar-refractivity contribution < 1.29 is 65.9 Å². The van der Waals surface area contributed by atoms with Crippen LogP contribution in [0.1, 0.15) is 13.3 Å². The fourth-order valence-corrected chi connectivity index (χ4v) is 4.93. The zero-order chi connectivity index (χ0) is 30.6. The van der Waals surface area contributed by atoms with Crippen LogP contribution in [0.25, 0.3) is 0 Å². The zero-order valence-corrected chi connectivity index (χ0v) is 19.5. The van der Waals surface area contributed by atoms with Gasteiger partial charge < -0.3 is 0 Å². The second-order valence-corrected chi connectivity index (χ2v) is 8.86. The Morgan fingerprint density at radius 1 is 0.450 bits per heavy atom. The molecule has 16 heteroatoms. The maximum absolute atomic E-state index is 15.3. The molecule has 0 fully saturated rings. The summed E-state index contributed by atoms with van der Waals surface area (Å²) in [7, 11) is 0. The molecule has 0 saturated heterocycles. The summed E-state index contributed by atoms with van der Waals surface area (Å²) in [5.41, 5.74) is -7.80. The van der Waals surface area contributed by atoms with Crippen LogP contribution in [0.4, 0.5) is 65.9 Å². The molecular weight excluding hydrogens is 584 g/mol. The van der Waals surface area contributed by atoms with E-state index in [2.05, 4.69) is 6.58 Å². The zero-order valence-electron chi connectivity index (χ0n) is 19.5. The first-order valence-electron chi connectivity index (χ1n) is 10.8. The Bertz CT molecular complexity index is 1290. The topological polar surface area (TPSA) is 0 Å². The first kappa shape index (κ1) is 30.9. The van der Waals surface area contributed by atoms with E-state index in [1.54, 1.807) is 0 Å². The second kappa shape index (κ2) is 10.8. The van der Waals surface area contributed by atoms with E-state index in [1.807, 2.05) is 0 Å². The van der Waals surface area contributed by atoms with Gasteiger partial charge in [0.1, 0.15) is 41.0 Å². The normalized spacial score (nSPS) is 12.7. The largest absolute Gasteiger partial charge is 0.207 e. The number of hydrogen-bond donors (Lipinski definition) is 0. The van der Waals surface area contributed by atoms with Crippen LogP contribution in [0.2, 0.25) is 6.32 Å². The fourth-order valence-electron chi connectivity index (χ4n) is 4.93. The molecule has 216 valence electrons. The van der Waals surface area contributed by atoms with E-state index in [0.29, 0.717) is 0 Å². The molecular formula is C24H11BF15-. The highest BCUT2D eigenvalue weighted by atomic mass is 19.2. The molecule has 0 saturated carbocycles. The van der Waals surface area contributed by atoms with Crippen LogP contribution in [0.3, 0.4) is 0 Å². The van der Waals surface area contributed by atoms with Crippen LogP contribution >= 0.6 is 0 Å². The summed E-state index contributed by atoms with van der Waals surface area (Å²) in [5, 5.41) is 0. The average Bonchev–Trinajstić information content (AvgIpc) is 2.90. The highest BCUT2D eigenvalue weighted by Gasteiger charge is 2.48. The third kappa shape index (κ3) is 4.31. The molecule has 0 aromatic heterocycles. The predicted molar refractivity (Wildman–Crippen MR) is 112 cm³/mol. The van der Waals surface area contributed by atoms with Gasteiger partial charge in [-0.15, -0.1) is 23.0 Å². The van der Waals surface area contributed by atoms with Gasteiger partial charge in [-0.3, -0.25) is 0 Å². The van der Waals surface area contributed by atoms with Gasteiger partial charge in [-0.05, 0) is 6.42 Å². The maximum atomic E-state index is 15.3. The quantitative estimate of drug-likeness (QED) is 0.0969. The van der Waals surface area contributed by atoms with Crippen molar-refractivity contribution in [3.8, 4) is 0 Å². The summed E-state index contributed by atoms with van der Waals surface area (Å²) in [6.45, 7) is 4.16. The molecule has 0 amide bonds. The molecule has 0 radical (unpaired) electrons. The van der Waals surface area contributed by atoms with E-state index in [0.717, 1.165) is 13.0 Å². The molecule has 0 nitrogen and oxygen atoms in total. The van der Waals surface area contributed by atoms with Gasteiger partial charge in [-0.2, -0.15) is 6.32 Å². The van der Waals surface area contributed by atoms with Gasteiger partial charge in [0, 0.05) is 0 Å². The van der Waals surface area contributed by atoms with Crippen molar-refractivity contribution in [3.05, 3.63) is 99.9 Å². The monoisotopic (exact) mass is 595 g/mol. The van der Waals surface area contributed by atoms with E-state index < -0.39 is 128 Å². The van der Waals surface area contributed by atoms with Crippen molar-refractivity contribution in [1.82, 2.24) is 0 Å². The van der Waals surface area contributed by atoms with Gasteiger partial charge in [-0.1, -0.05) is 18.9 Å². The summed E-state index contributed by atoms with van der Waals surface area (Å²) in [6, 6.07) is 0. The van der Waals surface area contributed by atoms with E-state index in [4.69, 9.17) is 0 Å².